The number of aromatic nitrogens is 3. The maximum Gasteiger partial charge on any atom is 0.160 e. The first-order chi connectivity index (χ1) is 30.1. The van der Waals surface area contributed by atoms with Gasteiger partial charge in [-0.2, -0.15) is 0 Å². The highest BCUT2D eigenvalue weighted by atomic mass is 16.3. The molecule has 2 heterocycles. The molecule has 0 fully saturated rings. The van der Waals surface area contributed by atoms with Crippen molar-refractivity contribution in [1.29, 1.82) is 0 Å². The van der Waals surface area contributed by atoms with Crippen molar-refractivity contribution >= 4 is 32.4 Å². The van der Waals surface area contributed by atoms with Crippen molar-refractivity contribution in [1.82, 2.24) is 15.0 Å². The number of nitrogens with zero attached hydrogens (tertiary/aromatic N) is 3. The molecule has 0 unspecified atom stereocenters. The Balaban J connectivity index is 0.943. The van der Waals surface area contributed by atoms with Crippen LogP contribution in [0.4, 0.5) is 0 Å². The summed E-state index contributed by atoms with van der Waals surface area (Å²) in [6.45, 7) is 0. The van der Waals surface area contributed by atoms with E-state index < -0.39 is 0 Å². The van der Waals surface area contributed by atoms with Crippen LogP contribution >= 0.6 is 0 Å². The molecular weight excluding hydrogens is 743 g/mol. The zero-order valence-electron chi connectivity index (χ0n) is 33.1. The minimum absolute atomic E-state index is 0.176. The molecule has 9 aromatic carbocycles. The lowest BCUT2D eigenvalue weighted by atomic mass is 9.94. The first-order valence-corrected chi connectivity index (χ1v) is 20.5. The zero-order chi connectivity index (χ0) is 40.7. The van der Waals surface area contributed by atoms with Gasteiger partial charge >= 0.3 is 0 Å². The van der Waals surface area contributed by atoms with Crippen molar-refractivity contribution in [3.8, 4) is 84.3 Å². The van der Waals surface area contributed by atoms with E-state index >= 15 is 0 Å². The summed E-state index contributed by atoms with van der Waals surface area (Å²) < 4.78 is 0. The Bertz CT molecular complexity index is 3260. The molecule has 0 saturated heterocycles. The summed E-state index contributed by atoms with van der Waals surface area (Å²) in [6, 6.07) is 75.5. The van der Waals surface area contributed by atoms with E-state index in [0.29, 0.717) is 11.3 Å². The fourth-order valence-electron chi connectivity index (χ4n) is 8.43. The molecule has 4 heteroatoms. The van der Waals surface area contributed by atoms with Gasteiger partial charge in [0.1, 0.15) is 11.3 Å². The van der Waals surface area contributed by atoms with Gasteiger partial charge in [-0.05, 0) is 56.3 Å². The van der Waals surface area contributed by atoms with E-state index in [1.54, 1.807) is 6.07 Å². The fraction of sp³-hybridized carbons (Fsp3) is 0. The number of hydrogen-bond donors (Lipinski definition) is 1. The van der Waals surface area contributed by atoms with Crippen LogP contribution in [0.1, 0.15) is 0 Å². The van der Waals surface area contributed by atoms with Gasteiger partial charge in [-0.25, -0.2) is 15.0 Å². The zero-order valence-corrected chi connectivity index (χ0v) is 33.1. The predicted octanol–water partition coefficient (Wildman–Crippen LogP) is 14.7. The van der Waals surface area contributed by atoms with Crippen molar-refractivity contribution in [2.24, 2.45) is 0 Å². The number of pyridine rings is 1. The molecule has 0 aliphatic heterocycles. The van der Waals surface area contributed by atoms with E-state index in [2.05, 4.69) is 188 Å². The first kappa shape index (κ1) is 35.9. The van der Waals surface area contributed by atoms with Gasteiger partial charge < -0.3 is 5.11 Å². The summed E-state index contributed by atoms with van der Waals surface area (Å²) in [7, 11) is 0. The van der Waals surface area contributed by atoms with Crippen molar-refractivity contribution in [3.63, 3.8) is 0 Å². The van der Waals surface area contributed by atoms with Crippen LogP contribution in [0.15, 0.2) is 218 Å². The largest absolute Gasteiger partial charge is 0.506 e. The maximum absolute atomic E-state index is 10.9. The molecule has 61 heavy (non-hydrogen) atoms. The number of para-hydroxylation sites is 1. The standard InChI is InChI=1S/C57H37N3O/c61-53-17-9-16-49-54-48-15-8-7-14-43(48)34-35-50(54)55(60-56(49)53)46-30-22-42(23-31-46)41-20-28-45(29-21-41)52-36-51(44-26-18-39(19-27-44)37-10-3-1-4-11-37)58-57(59-52)47-32-24-40(25-33-47)38-12-5-2-6-13-38/h1-36,61H. The molecule has 0 aliphatic rings. The van der Waals surface area contributed by atoms with Crippen LogP contribution in [0, 0.1) is 0 Å². The second kappa shape index (κ2) is 15.2. The number of benzene rings is 9. The number of fused-ring (bicyclic) bond motifs is 5. The first-order valence-electron chi connectivity index (χ1n) is 20.5. The normalized spacial score (nSPS) is 11.3. The van der Waals surface area contributed by atoms with E-state index in [1.165, 1.54) is 11.1 Å². The van der Waals surface area contributed by atoms with Crippen LogP contribution in [0.3, 0.4) is 0 Å². The molecule has 0 amide bonds. The molecular formula is C57H37N3O. The molecule has 11 aromatic rings. The van der Waals surface area contributed by atoms with E-state index in [4.69, 9.17) is 15.0 Å². The van der Waals surface area contributed by atoms with E-state index in [1.807, 2.05) is 24.3 Å². The van der Waals surface area contributed by atoms with Gasteiger partial charge in [0.2, 0.25) is 0 Å². The Morgan fingerprint density at radius 1 is 0.295 bits per heavy atom. The molecule has 1 N–H and O–H groups in total. The summed E-state index contributed by atoms with van der Waals surface area (Å²) in [6.07, 6.45) is 0. The number of hydrogen-bond acceptors (Lipinski definition) is 4. The number of rotatable bonds is 7. The van der Waals surface area contributed by atoms with E-state index in [0.717, 1.165) is 88.5 Å². The van der Waals surface area contributed by atoms with Crippen LogP contribution < -0.4 is 0 Å². The third-order valence-corrected chi connectivity index (χ3v) is 11.6. The van der Waals surface area contributed by atoms with Crippen LogP contribution in [0.5, 0.6) is 5.75 Å². The minimum atomic E-state index is 0.176. The molecule has 4 nitrogen and oxygen atoms in total. The highest BCUT2D eigenvalue weighted by molar-refractivity contribution is 6.23. The molecule has 0 bridgehead atoms. The van der Waals surface area contributed by atoms with E-state index in [9.17, 15) is 5.11 Å². The molecule has 0 saturated carbocycles. The van der Waals surface area contributed by atoms with Gasteiger partial charge in [0.05, 0.1) is 17.1 Å². The van der Waals surface area contributed by atoms with Crippen LogP contribution in [-0.4, -0.2) is 20.1 Å². The van der Waals surface area contributed by atoms with Crippen molar-refractivity contribution < 1.29 is 5.11 Å². The van der Waals surface area contributed by atoms with Crippen molar-refractivity contribution in [2.45, 2.75) is 0 Å². The highest BCUT2D eigenvalue weighted by Crippen LogP contribution is 2.40. The lowest BCUT2D eigenvalue weighted by Crippen LogP contribution is -1.96. The smallest absolute Gasteiger partial charge is 0.160 e. The summed E-state index contributed by atoms with van der Waals surface area (Å²) in [5.74, 6) is 0.852. The van der Waals surface area contributed by atoms with Crippen LogP contribution in [-0.2, 0) is 0 Å². The Labute approximate surface area is 353 Å². The van der Waals surface area contributed by atoms with Crippen molar-refractivity contribution in [3.05, 3.63) is 218 Å². The molecule has 0 radical (unpaired) electrons. The van der Waals surface area contributed by atoms with Crippen LogP contribution in [0.2, 0.25) is 0 Å². The Kier molecular flexibility index (Phi) is 8.94. The quantitative estimate of drug-likeness (QED) is 0.164. The number of phenolic OH excluding ortho intramolecular Hbond substituents is 1. The summed E-state index contributed by atoms with van der Waals surface area (Å²) >= 11 is 0. The molecule has 0 aliphatic carbocycles. The summed E-state index contributed by atoms with van der Waals surface area (Å²) in [5, 5.41) is 16.3. The average molecular weight is 780 g/mol. The van der Waals surface area contributed by atoms with Gasteiger partial charge in [0.25, 0.3) is 0 Å². The van der Waals surface area contributed by atoms with Gasteiger partial charge in [-0.3, -0.25) is 0 Å². The molecule has 286 valence electrons. The SMILES string of the molecule is Oc1cccc2c1nc(-c1ccc(-c3ccc(-c4cc(-c5ccc(-c6ccccc6)cc5)nc(-c5ccc(-c6ccccc6)cc5)n4)cc3)cc1)c1ccc3ccccc3c12. The minimum Gasteiger partial charge on any atom is -0.506 e. The monoisotopic (exact) mass is 779 g/mol. The Morgan fingerprint density at radius 3 is 1.30 bits per heavy atom. The number of phenols is 1. The van der Waals surface area contributed by atoms with Gasteiger partial charge in [0.15, 0.2) is 5.82 Å². The predicted molar refractivity (Wildman–Crippen MR) is 252 cm³/mol. The van der Waals surface area contributed by atoms with Crippen molar-refractivity contribution in [2.75, 3.05) is 0 Å². The van der Waals surface area contributed by atoms with Crippen LogP contribution in [0.25, 0.3) is 111 Å². The lowest BCUT2D eigenvalue weighted by Gasteiger charge is -2.14. The second-order valence-corrected chi connectivity index (χ2v) is 15.3. The molecule has 11 rings (SSSR count). The maximum atomic E-state index is 10.9. The van der Waals surface area contributed by atoms with Gasteiger partial charge in [0, 0.05) is 38.4 Å². The molecule has 0 atom stereocenters. The second-order valence-electron chi connectivity index (χ2n) is 15.3. The Morgan fingerprint density at radius 2 is 0.738 bits per heavy atom. The number of aromatic hydroxyl groups is 1. The lowest BCUT2D eigenvalue weighted by molar-refractivity contribution is 0.480. The van der Waals surface area contributed by atoms with Gasteiger partial charge in [-0.15, -0.1) is 0 Å². The molecule has 2 aromatic heterocycles. The fourth-order valence-corrected chi connectivity index (χ4v) is 8.43. The average Bonchev–Trinajstić information content (AvgIpc) is 3.34. The molecule has 0 spiro atoms. The van der Waals surface area contributed by atoms with Gasteiger partial charge in [-0.1, -0.05) is 206 Å². The van der Waals surface area contributed by atoms with E-state index in [-0.39, 0.29) is 5.75 Å². The summed E-state index contributed by atoms with van der Waals surface area (Å²) in [5.41, 5.74) is 14.0. The Hall–Kier alpha value is -8.21. The third kappa shape index (κ3) is 6.76. The summed E-state index contributed by atoms with van der Waals surface area (Å²) in [4.78, 5) is 15.3. The topological polar surface area (TPSA) is 58.9 Å². The third-order valence-electron chi connectivity index (χ3n) is 11.6. The highest BCUT2D eigenvalue weighted by Gasteiger charge is 2.16.